The number of amides is 1. The number of aromatic amines is 1. The number of pyridine rings is 1. The van der Waals surface area contributed by atoms with Gasteiger partial charge >= 0.3 is 11.9 Å². The van der Waals surface area contributed by atoms with Crippen LogP contribution in [0.25, 0.3) is 0 Å². The van der Waals surface area contributed by atoms with E-state index < -0.39 is 35.9 Å². The average molecular weight is 268 g/mol. The molecule has 0 spiro atoms. The number of carboxylic acid groups (broad SMARTS) is 1. The summed E-state index contributed by atoms with van der Waals surface area (Å²) in [4.78, 5) is 46.9. The van der Waals surface area contributed by atoms with Crippen molar-refractivity contribution in [3.8, 4) is 0 Å². The molecule has 0 saturated carbocycles. The molecule has 0 aliphatic rings. The minimum atomic E-state index is -1.42. The fraction of sp³-hybridized carbons (Fsp3) is 0.273. The molecule has 3 N–H and O–H groups in total. The summed E-state index contributed by atoms with van der Waals surface area (Å²) in [7, 11) is 1.11. The molecule has 0 radical (unpaired) electrons. The molecule has 1 rings (SSSR count). The van der Waals surface area contributed by atoms with Crippen LogP contribution in [0.3, 0.4) is 0 Å². The van der Waals surface area contributed by atoms with Gasteiger partial charge in [0.15, 0.2) is 0 Å². The SMILES string of the molecule is COC(=O)C[C@H](NC(=O)c1cc[nH]c(=O)c1)C(=O)O. The molecule has 1 heterocycles. The van der Waals surface area contributed by atoms with Crippen LogP contribution in [0.15, 0.2) is 23.1 Å². The van der Waals surface area contributed by atoms with Crippen LogP contribution >= 0.6 is 0 Å². The van der Waals surface area contributed by atoms with Gasteiger partial charge in [-0.2, -0.15) is 0 Å². The maximum atomic E-state index is 11.7. The van der Waals surface area contributed by atoms with Gasteiger partial charge < -0.3 is 20.1 Å². The van der Waals surface area contributed by atoms with Gasteiger partial charge in [0.05, 0.1) is 13.5 Å². The van der Waals surface area contributed by atoms with Gasteiger partial charge in [0, 0.05) is 17.8 Å². The number of aliphatic carboxylic acids is 1. The summed E-state index contributed by atoms with van der Waals surface area (Å²) < 4.78 is 4.33. The van der Waals surface area contributed by atoms with E-state index in [2.05, 4.69) is 15.0 Å². The highest BCUT2D eigenvalue weighted by molar-refractivity contribution is 5.97. The van der Waals surface area contributed by atoms with Crippen molar-refractivity contribution in [2.24, 2.45) is 0 Å². The minimum Gasteiger partial charge on any atom is -0.480 e. The van der Waals surface area contributed by atoms with Crippen molar-refractivity contribution in [2.75, 3.05) is 7.11 Å². The molecule has 0 aromatic carbocycles. The zero-order valence-electron chi connectivity index (χ0n) is 10.0. The lowest BCUT2D eigenvalue weighted by atomic mass is 10.2. The molecule has 102 valence electrons. The monoisotopic (exact) mass is 268 g/mol. The first kappa shape index (κ1) is 14.4. The van der Waals surface area contributed by atoms with Crippen LogP contribution in [0.4, 0.5) is 0 Å². The molecule has 0 aliphatic carbocycles. The second-order valence-corrected chi connectivity index (χ2v) is 3.59. The summed E-state index contributed by atoms with van der Waals surface area (Å²) in [5.74, 6) is -2.90. The fourth-order valence-electron chi connectivity index (χ4n) is 1.28. The fourth-order valence-corrected chi connectivity index (χ4v) is 1.28. The van der Waals surface area contributed by atoms with E-state index >= 15 is 0 Å². The second-order valence-electron chi connectivity index (χ2n) is 3.59. The highest BCUT2D eigenvalue weighted by Gasteiger charge is 2.24. The summed E-state index contributed by atoms with van der Waals surface area (Å²) in [5, 5.41) is 11.0. The largest absolute Gasteiger partial charge is 0.480 e. The van der Waals surface area contributed by atoms with E-state index in [1.807, 2.05) is 0 Å². The zero-order valence-corrected chi connectivity index (χ0v) is 10.0. The Morgan fingerprint density at radius 1 is 1.47 bits per heavy atom. The number of carbonyl (C=O) groups excluding carboxylic acids is 2. The van der Waals surface area contributed by atoms with Crippen molar-refractivity contribution in [2.45, 2.75) is 12.5 Å². The van der Waals surface area contributed by atoms with E-state index in [4.69, 9.17) is 5.11 Å². The standard InChI is InChI=1S/C11H12N2O6/c1-19-9(15)5-7(11(17)18)13-10(16)6-2-3-12-8(14)4-6/h2-4,7H,5H2,1H3,(H,12,14)(H,13,16)(H,17,18)/t7-/m0/s1. The Bertz CT molecular complexity index is 550. The Labute approximate surface area is 107 Å². The molecule has 19 heavy (non-hydrogen) atoms. The van der Waals surface area contributed by atoms with E-state index in [-0.39, 0.29) is 5.56 Å². The first-order chi connectivity index (χ1) is 8.93. The minimum absolute atomic E-state index is 0.000124. The number of methoxy groups -OCH3 is 1. The normalized spacial score (nSPS) is 11.4. The number of hydrogen-bond donors (Lipinski definition) is 3. The Balaban J connectivity index is 2.79. The van der Waals surface area contributed by atoms with Crippen LogP contribution in [0, 0.1) is 0 Å². The molecule has 0 saturated heterocycles. The quantitative estimate of drug-likeness (QED) is 0.595. The zero-order chi connectivity index (χ0) is 14.4. The Morgan fingerprint density at radius 3 is 2.68 bits per heavy atom. The van der Waals surface area contributed by atoms with Gasteiger partial charge in [-0.1, -0.05) is 0 Å². The van der Waals surface area contributed by atoms with Gasteiger partial charge in [0.2, 0.25) is 5.56 Å². The summed E-state index contributed by atoms with van der Waals surface area (Å²) in [5.41, 5.74) is -0.493. The van der Waals surface area contributed by atoms with Crippen molar-refractivity contribution in [1.29, 1.82) is 0 Å². The third-order valence-electron chi connectivity index (χ3n) is 2.24. The number of carboxylic acids is 1. The van der Waals surface area contributed by atoms with Gasteiger partial charge in [-0.15, -0.1) is 0 Å². The predicted octanol–water partition coefficient (Wildman–Crippen LogP) is -0.879. The highest BCUT2D eigenvalue weighted by atomic mass is 16.5. The molecular formula is C11H12N2O6. The smallest absolute Gasteiger partial charge is 0.326 e. The predicted molar refractivity (Wildman–Crippen MR) is 62.6 cm³/mol. The molecular weight excluding hydrogens is 256 g/mol. The Kier molecular flexibility index (Phi) is 4.81. The van der Waals surface area contributed by atoms with Gasteiger partial charge in [0.1, 0.15) is 6.04 Å². The summed E-state index contributed by atoms with van der Waals surface area (Å²) >= 11 is 0. The third-order valence-corrected chi connectivity index (χ3v) is 2.24. The van der Waals surface area contributed by atoms with E-state index in [1.165, 1.54) is 12.3 Å². The Morgan fingerprint density at radius 2 is 2.16 bits per heavy atom. The molecule has 1 aromatic rings. The number of rotatable bonds is 5. The van der Waals surface area contributed by atoms with Crippen LogP contribution in [0.1, 0.15) is 16.8 Å². The maximum Gasteiger partial charge on any atom is 0.326 e. The van der Waals surface area contributed by atoms with Crippen LogP contribution in [0.2, 0.25) is 0 Å². The van der Waals surface area contributed by atoms with E-state index in [9.17, 15) is 19.2 Å². The van der Waals surface area contributed by atoms with Crippen molar-refractivity contribution in [3.05, 3.63) is 34.2 Å². The van der Waals surface area contributed by atoms with Crippen LogP contribution in [0.5, 0.6) is 0 Å². The molecule has 1 atom stereocenters. The number of nitrogens with one attached hydrogen (secondary N) is 2. The molecule has 0 aliphatic heterocycles. The number of H-pyrrole nitrogens is 1. The lowest BCUT2D eigenvalue weighted by Crippen LogP contribution is -2.42. The summed E-state index contributed by atoms with van der Waals surface area (Å²) in [6.07, 6.45) is 0.758. The lowest BCUT2D eigenvalue weighted by molar-refractivity contribution is -0.147. The molecule has 1 amide bonds. The summed E-state index contributed by atoms with van der Waals surface area (Å²) in [6, 6.07) is 0.916. The molecule has 1 aromatic heterocycles. The Hall–Kier alpha value is -2.64. The first-order valence-electron chi connectivity index (χ1n) is 5.23. The number of hydrogen-bond acceptors (Lipinski definition) is 5. The molecule has 8 heteroatoms. The van der Waals surface area contributed by atoms with Crippen molar-refractivity contribution in [3.63, 3.8) is 0 Å². The van der Waals surface area contributed by atoms with Gasteiger partial charge in [-0.05, 0) is 6.07 Å². The van der Waals surface area contributed by atoms with Crippen molar-refractivity contribution in [1.82, 2.24) is 10.3 Å². The van der Waals surface area contributed by atoms with Gasteiger partial charge in [0.25, 0.3) is 5.91 Å². The molecule has 0 unspecified atom stereocenters. The van der Waals surface area contributed by atoms with E-state index in [0.29, 0.717) is 0 Å². The lowest BCUT2D eigenvalue weighted by Gasteiger charge is -2.13. The number of carbonyl (C=O) groups is 3. The van der Waals surface area contributed by atoms with Crippen molar-refractivity contribution >= 4 is 17.8 Å². The number of esters is 1. The molecule has 0 fully saturated rings. The number of ether oxygens (including phenoxy) is 1. The summed E-state index contributed by atoms with van der Waals surface area (Å²) in [6.45, 7) is 0. The molecule has 8 nitrogen and oxygen atoms in total. The van der Waals surface area contributed by atoms with E-state index in [1.54, 1.807) is 0 Å². The van der Waals surface area contributed by atoms with Crippen LogP contribution in [-0.4, -0.2) is 41.1 Å². The highest BCUT2D eigenvalue weighted by Crippen LogP contribution is 1.99. The number of aromatic nitrogens is 1. The topological polar surface area (TPSA) is 126 Å². The van der Waals surface area contributed by atoms with Crippen molar-refractivity contribution < 1.29 is 24.2 Å². The van der Waals surface area contributed by atoms with E-state index in [0.717, 1.165) is 13.2 Å². The first-order valence-corrected chi connectivity index (χ1v) is 5.23. The van der Waals surface area contributed by atoms with Crippen LogP contribution in [-0.2, 0) is 14.3 Å². The van der Waals surface area contributed by atoms with Crippen LogP contribution < -0.4 is 10.9 Å². The van der Waals surface area contributed by atoms with Gasteiger partial charge in [-0.25, -0.2) is 4.79 Å². The average Bonchev–Trinajstić information content (AvgIpc) is 2.37. The third kappa shape index (κ3) is 4.26. The maximum absolute atomic E-state index is 11.7. The second kappa shape index (κ2) is 6.34. The molecule has 0 bridgehead atoms. The van der Waals surface area contributed by atoms with Gasteiger partial charge in [-0.3, -0.25) is 14.4 Å².